The molecule has 3 rings (SSSR count). The van der Waals surface area contributed by atoms with E-state index in [2.05, 4.69) is 10.3 Å². The molecule has 0 radical (unpaired) electrons. The van der Waals surface area contributed by atoms with E-state index < -0.39 is 5.97 Å². The fraction of sp³-hybridized carbons (Fsp3) is 0.222. The van der Waals surface area contributed by atoms with Crippen LogP contribution in [-0.4, -0.2) is 26.0 Å². The Bertz CT molecular complexity index is 926. The Morgan fingerprint density at radius 1 is 1.25 bits per heavy atom. The van der Waals surface area contributed by atoms with Gasteiger partial charge in [-0.25, -0.2) is 9.78 Å². The van der Waals surface area contributed by atoms with Gasteiger partial charge in [-0.2, -0.15) is 0 Å². The van der Waals surface area contributed by atoms with Crippen molar-refractivity contribution < 1.29 is 9.90 Å². The fourth-order valence-corrected chi connectivity index (χ4v) is 2.65. The maximum Gasteiger partial charge on any atom is 0.335 e. The summed E-state index contributed by atoms with van der Waals surface area (Å²) in [5, 5.41) is 13.3. The second-order valence-electron chi connectivity index (χ2n) is 6.65. The lowest BCUT2D eigenvalue weighted by Gasteiger charge is -2.22. The minimum absolute atomic E-state index is 0.197. The van der Waals surface area contributed by atoms with Crippen molar-refractivity contribution in [2.45, 2.75) is 26.3 Å². The van der Waals surface area contributed by atoms with Gasteiger partial charge in [0, 0.05) is 17.3 Å². The summed E-state index contributed by atoms with van der Waals surface area (Å²) in [5.41, 5.74) is 2.19. The van der Waals surface area contributed by atoms with Gasteiger partial charge in [-0.15, -0.1) is 0 Å². The van der Waals surface area contributed by atoms with Crippen LogP contribution in [0.1, 0.15) is 31.1 Å². The smallest absolute Gasteiger partial charge is 0.335 e. The molecule has 5 nitrogen and oxygen atoms in total. The van der Waals surface area contributed by atoms with Crippen molar-refractivity contribution in [2.75, 3.05) is 5.32 Å². The predicted octanol–water partition coefficient (Wildman–Crippen LogP) is 4.56. The largest absolute Gasteiger partial charge is 0.478 e. The van der Waals surface area contributed by atoms with Crippen LogP contribution in [0.5, 0.6) is 0 Å². The number of fused-ring (bicyclic) bond motifs is 1. The molecule has 2 N–H and O–H groups in total. The maximum atomic E-state index is 11.3. The van der Waals surface area contributed by atoms with Crippen LogP contribution in [-0.2, 0) is 0 Å². The number of pyridine rings is 1. The van der Waals surface area contributed by atoms with Gasteiger partial charge in [-0.3, -0.25) is 4.40 Å². The summed E-state index contributed by atoms with van der Waals surface area (Å²) in [7, 11) is 0. The molecular weight excluding hydrogens is 326 g/mol. The highest BCUT2D eigenvalue weighted by molar-refractivity contribution is 6.30. The lowest BCUT2D eigenvalue weighted by atomic mass is 10.1. The first-order chi connectivity index (χ1) is 11.2. The zero-order valence-electron chi connectivity index (χ0n) is 13.7. The number of nitrogens with zero attached hydrogens (tertiary/aromatic N) is 2. The van der Waals surface area contributed by atoms with Crippen LogP contribution in [0.25, 0.3) is 16.9 Å². The summed E-state index contributed by atoms with van der Waals surface area (Å²) in [6, 6.07) is 10.4. The van der Waals surface area contributed by atoms with E-state index in [0.29, 0.717) is 10.7 Å². The normalized spacial score (nSPS) is 11.7. The van der Waals surface area contributed by atoms with Crippen LogP contribution in [0.3, 0.4) is 0 Å². The van der Waals surface area contributed by atoms with E-state index in [9.17, 15) is 9.90 Å². The summed E-state index contributed by atoms with van der Waals surface area (Å²) in [6.45, 7) is 6.15. The Morgan fingerprint density at radius 2 is 2.00 bits per heavy atom. The standard InChI is InChI=1S/C18H18ClN3O2/c1-18(2,3)21-16-15(11-5-4-6-12(9-11)17(23)24)20-14-8-7-13(19)10-22(14)16/h4-10,21H,1-3H3,(H,23,24). The summed E-state index contributed by atoms with van der Waals surface area (Å²) >= 11 is 6.13. The highest BCUT2D eigenvalue weighted by Gasteiger charge is 2.20. The van der Waals surface area contributed by atoms with Crippen molar-refractivity contribution >= 4 is 29.0 Å². The van der Waals surface area contributed by atoms with Crippen molar-refractivity contribution in [1.82, 2.24) is 9.38 Å². The summed E-state index contributed by atoms with van der Waals surface area (Å²) < 4.78 is 1.89. The molecule has 0 saturated heterocycles. The molecule has 0 aliphatic rings. The van der Waals surface area contributed by atoms with Gasteiger partial charge >= 0.3 is 5.97 Å². The Morgan fingerprint density at radius 3 is 2.67 bits per heavy atom. The van der Waals surface area contributed by atoms with Crippen LogP contribution in [0.4, 0.5) is 5.82 Å². The Labute approximate surface area is 144 Å². The van der Waals surface area contributed by atoms with E-state index in [4.69, 9.17) is 11.6 Å². The molecule has 0 saturated carbocycles. The van der Waals surface area contributed by atoms with Crippen LogP contribution >= 0.6 is 11.6 Å². The van der Waals surface area contributed by atoms with Crippen molar-refractivity contribution in [3.63, 3.8) is 0 Å². The number of carbonyl (C=O) groups is 1. The molecule has 124 valence electrons. The van der Waals surface area contributed by atoms with Crippen molar-refractivity contribution in [2.24, 2.45) is 0 Å². The van der Waals surface area contributed by atoms with Gasteiger partial charge in [-0.1, -0.05) is 23.7 Å². The number of halogens is 1. The maximum absolute atomic E-state index is 11.3. The van der Waals surface area contributed by atoms with E-state index in [0.717, 1.165) is 17.0 Å². The van der Waals surface area contributed by atoms with E-state index >= 15 is 0 Å². The number of nitrogens with one attached hydrogen (secondary N) is 1. The third kappa shape index (κ3) is 3.21. The number of rotatable bonds is 3. The molecule has 2 heterocycles. The van der Waals surface area contributed by atoms with Crippen LogP contribution < -0.4 is 5.32 Å². The first-order valence-corrected chi connectivity index (χ1v) is 7.92. The lowest BCUT2D eigenvalue weighted by molar-refractivity contribution is 0.0697. The van der Waals surface area contributed by atoms with E-state index in [-0.39, 0.29) is 11.1 Å². The second kappa shape index (κ2) is 5.83. The van der Waals surface area contributed by atoms with Crippen LogP contribution in [0, 0.1) is 0 Å². The molecule has 0 unspecified atom stereocenters. The Balaban J connectivity index is 2.25. The minimum atomic E-state index is -0.964. The molecular formula is C18H18ClN3O2. The third-order valence-electron chi connectivity index (χ3n) is 3.46. The fourth-order valence-electron chi connectivity index (χ4n) is 2.49. The monoisotopic (exact) mass is 343 g/mol. The average molecular weight is 344 g/mol. The predicted molar refractivity (Wildman–Crippen MR) is 96.0 cm³/mol. The van der Waals surface area contributed by atoms with Gasteiger partial charge in [-0.05, 0) is 45.0 Å². The molecule has 0 aliphatic heterocycles. The molecule has 0 fully saturated rings. The summed E-state index contributed by atoms with van der Waals surface area (Å²) in [6.07, 6.45) is 1.79. The quantitative estimate of drug-likeness (QED) is 0.731. The number of carboxylic acids is 1. The first kappa shape index (κ1) is 16.3. The Hall–Kier alpha value is -2.53. The van der Waals surface area contributed by atoms with E-state index in [1.165, 1.54) is 0 Å². The molecule has 0 bridgehead atoms. The molecule has 3 aromatic rings. The number of hydrogen-bond donors (Lipinski definition) is 2. The molecule has 24 heavy (non-hydrogen) atoms. The zero-order valence-corrected chi connectivity index (χ0v) is 14.4. The van der Waals surface area contributed by atoms with Crippen molar-refractivity contribution in [3.8, 4) is 11.3 Å². The molecule has 0 amide bonds. The van der Waals surface area contributed by atoms with Crippen molar-refractivity contribution in [1.29, 1.82) is 0 Å². The number of anilines is 1. The molecule has 0 atom stereocenters. The van der Waals surface area contributed by atoms with Gasteiger partial charge < -0.3 is 10.4 Å². The van der Waals surface area contributed by atoms with E-state index in [1.54, 1.807) is 30.5 Å². The first-order valence-electron chi connectivity index (χ1n) is 7.54. The topological polar surface area (TPSA) is 66.6 Å². The van der Waals surface area contributed by atoms with Gasteiger partial charge in [0.25, 0.3) is 0 Å². The third-order valence-corrected chi connectivity index (χ3v) is 3.68. The molecule has 1 aromatic carbocycles. The zero-order chi connectivity index (χ0) is 17.5. The number of aromatic carboxylic acids is 1. The molecule has 0 aliphatic carbocycles. The molecule has 2 aromatic heterocycles. The molecule has 6 heteroatoms. The number of benzene rings is 1. The minimum Gasteiger partial charge on any atom is -0.478 e. The summed E-state index contributed by atoms with van der Waals surface area (Å²) in [5.74, 6) is -0.184. The summed E-state index contributed by atoms with van der Waals surface area (Å²) in [4.78, 5) is 15.9. The number of carboxylic acid groups (broad SMARTS) is 1. The number of aromatic nitrogens is 2. The highest BCUT2D eigenvalue weighted by Crippen LogP contribution is 2.32. The molecule has 0 spiro atoms. The Kier molecular flexibility index (Phi) is 3.97. The SMILES string of the molecule is CC(C)(C)Nc1c(-c2cccc(C(=O)O)c2)nc2ccc(Cl)cn12. The van der Waals surface area contributed by atoms with Crippen LogP contribution in [0.15, 0.2) is 42.6 Å². The second-order valence-corrected chi connectivity index (χ2v) is 7.08. The highest BCUT2D eigenvalue weighted by atomic mass is 35.5. The van der Waals surface area contributed by atoms with Gasteiger partial charge in [0.15, 0.2) is 0 Å². The van der Waals surface area contributed by atoms with Crippen molar-refractivity contribution in [3.05, 3.63) is 53.2 Å². The average Bonchev–Trinajstić information content (AvgIpc) is 2.84. The van der Waals surface area contributed by atoms with Gasteiger partial charge in [0.05, 0.1) is 10.6 Å². The van der Waals surface area contributed by atoms with Crippen LogP contribution in [0.2, 0.25) is 5.02 Å². The number of hydrogen-bond acceptors (Lipinski definition) is 3. The van der Waals surface area contributed by atoms with Gasteiger partial charge in [0.2, 0.25) is 0 Å². The van der Waals surface area contributed by atoms with Gasteiger partial charge in [0.1, 0.15) is 17.2 Å². The lowest BCUT2D eigenvalue weighted by Crippen LogP contribution is -2.27. The number of imidazole rings is 1. The van der Waals surface area contributed by atoms with E-state index in [1.807, 2.05) is 37.3 Å².